The second-order valence-electron chi connectivity index (χ2n) is 5.40. The van der Waals surface area contributed by atoms with Crippen LogP contribution in [0.4, 0.5) is 0 Å². The van der Waals surface area contributed by atoms with Crippen LogP contribution in [0.25, 0.3) is 0 Å². The molecule has 2 rings (SSSR count). The van der Waals surface area contributed by atoms with Crippen LogP contribution in [0.1, 0.15) is 31.1 Å². The lowest BCUT2D eigenvalue weighted by atomic mass is 10.3. The number of pyridine rings is 1. The molecule has 2 aromatic rings. The lowest BCUT2D eigenvalue weighted by Gasteiger charge is -2.14. The normalized spacial score (nSPS) is 11.4. The van der Waals surface area contributed by atoms with Gasteiger partial charge in [-0.3, -0.25) is 9.88 Å². The summed E-state index contributed by atoms with van der Waals surface area (Å²) in [6.07, 6.45) is 1.83. The Morgan fingerprint density at radius 3 is 2.65 bits per heavy atom. The van der Waals surface area contributed by atoms with E-state index in [4.69, 9.17) is 4.42 Å². The van der Waals surface area contributed by atoms with Gasteiger partial charge in [-0.05, 0) is 31.3 Å². The van der Waals surface area contributed by atoms with Gasteiger partial charge in [-0.25, -0.2) is 0 Å². The monoisotopic (exact) mass is 273 g/mol. The zero-order chi connectivity index (χ0) is 14.4. The van der Waals surface area contributed by atoms with E-state index in [1.807, 2.05) is 36.5 Å². The largest absolute Gasteiger partial charge is 0.463 e. The van der Waals surface area contributed by atoms with Gasteiger partial charge in [0.05, 0.1) is 18.8 Å². The predicted molar refractivity (Wildman–Crippen MR) is 80.1 cm³/mol. The van der Waals surface area contributed by atoms with E-state index in [1.54, 1.807) is 0 Å². The molecule has 0 aliphatic rings. The van der Waals surface area contributed by atoms with Crippen molar-refractivity contribution >= 4 is 0 Å². The maximum absolute atomic E-state index is 5.82. The molecule has 0 amide bonds. The Morgan fingerprint density at radius 2 is 1.95 bits per heavy atom. The Morgan fingerprint density at radius 1 is 1.15 bits per heavy atom. The SMILES string of the molecule is CC(C)NCc1ccc(CN(C)Cc2ccccn2)o1. The molecule has 0 unspecified atom stereocenters. The summed E-state index contributed by atoms with van der Waals surface area (Å²) < 4.78 is 5.82. The van der Waals surface area contributed by atoms with Gasteiger partial charge in [-0.15, -0.1) is 0 Å². The highest BCUT2D eigenvalue weighted by molar-refractivity contribution is 5.08. The van der Waals surface area contributed by atoms with Crippen LogP contribution in [-0.4, -0.2) is 23.0 Å². The van der Waals surface area contributed by atoms with Crippen molar-refractivity contribution in [3.05, 3.63) is 53.7 Å². The number of nitrogens with one attached hydrogen (secondary N) is 1. The Labute approximate surface area is 120 Å². The number of nitrogens with zero attached hydrogens (tertiary/aromatic N) is 2. The Bertz CT molecular complexity index is 507. The van der Waals surface area contributed by atoms with Crippen molar-refractivity contribution in [1.29, 1.82) is 0 Å². The molecule has 4 heteroatoms. The number of hydrogen-bond acceptors (Lipinski definition) is 4. The second kappa shape index (κ2) is 7.22. The van der Waals surface area contributed by atoms with Gasteiger partial charge in [0.15, 0.2) is 0 Å². The van der Waals surface area contributed by atoms with Crippen LogP contribution in [0.2, 0.25) is 0 Å². The van der Waals surface area contributed by atoms with Gasteiger partial charge in [-0.2, -0.15) is 0 Å². The zero-order valence-corrected chi connectivity index (χ0v) is 12.5. The van der Waals surface area contributed by atoms with E-state index < -0.39 is 0 Å². The summed E-state index contributed by atoms with van der Waals surface area (Å²) in [5, 5.41) is 3.35. The quantitative estimate of drug-likeness (QED) is 0.842. The maximum Gasteiger partial charge on any atom is 0.118 e. The van der Waals surface area contributed by atoms with Gasteiger partial charge in [0.2, 0.25) is 0 Å². The van der Waals surface area contributed by atoms with E-state index in [0.29, 0.717) is 6.04 Å². The Kier molecular flexibility index (Phi) is 5.32. The molecule has 108 valence electrons. The van der Waals surface area contributed by atoms with Crippen molar-refractivity contribution in [3.63, 3.8) is 0 Å². The van der Waals surface area contributed by atoms with E-state index in [0.717, 1.165) is 36.8 Å². The van der Waals surface area contributed by atoms with Gasteiger partial charge in [0.25, 0.3) is 0 Å². The molecule has 4 nitrogen and oxygen atoms in total. The Hall–Kier alpha value is -1.65. The lowest BCUT2D eigenvalue weighted by Crippen LogP contribution is -2.21. The van der Waals surface area contributed by atoms with Gasteiger partial charge in [0, 0.05) is 18.8 Å². The molecule has 0 spiro atoms. The summed E-state index contributed by atoms with van der Waals surface area (Å²) in [4.78, 5) is 6.53. The zero-order valence-electron chi connectivity index (χ0n) is 12.5. The van der Waals surface area contributed by atoms with Gasteiger partial charge >= 0.3 is 0 Å². The fourth-order valence-electron chi connectivity index (χ4n) is 2.00. The fraction of sp³-hybridized carbons (Fsp3) is 0.438. The number of aromatic nitrogens is 1. The summed E-state index contributed by atoms with van der Waals surface area (Å²) in [5.41, 5.74) is 1.07. The highest BCUT2D eigenvalue weighted by Gasteiger charge is 2.07. The third-order valence-electron chi connectivity index (χ3n) is 2.99. The summed E-state index contributed by atoms with van der Waals surface area (Å²) in [6, 6.07) is 10.5. The van der Waals surface area contributed by atoms with Crippen LogP contribution in [0.3, 0.4) is 0 Å². The molecule has 20 heavy (non-hydrogen) atoms. The molecule has 0 bridgehead atoms. The molecule has 1 N–H and O–H groups in total. The van der Waals surface area contributed by atoms with E-state index >= 15 is 0 Å². The predicted octanol–water partition coefficient (Wildman–Crippen LogP) is 2.80. The third-order valence-corrected chi connectivity index (χ3v) is 2.99. The number of furan rings is 1. The molecule has 0 saturated heterocycles. The van der Waals surface area contributed by atoms with Crippen LogP contribution >= 0.6 is 0 Å². The maximum atomic E-state index is 5.82. The standard InChI is InChI=1S/C16H23N3O/c1-13(2)18-10-15-7-8-16(20-15)12-19(3)11-14-6-4-5-9-17-14/h4-9,13,18H,10-12H2,1-3H3. The number of rotatable bonds is 7. The smallest absolute Gasteiger partial charge is 0.118 e. The minimum atomic E-state index is 0.468. The first-order valence-electron chi connectivity index (χ1n) is 7.03. The summed E-state index contributed by atoms with van der Waals surface area (Å²) in [6.45, 7) is 6.65. The molecular weight excluding hydrogens is 250 g/mol. The summed E-state index contributed by atoms with van der Waals surface area (Å²) in [5.74, 6) is 1.98. The van der Waals surface area contributed by atoms with E-state index in [2.05, 4.69) is 36.1 Å². The van der Waals surface area contributed by atoms with Gasteiger partial charge in [-0.1, -0.05) is 19.9 Å². The first kappa shape index (κ1) is 14.8. The van der Waals surface area contributed by atoms with Crippen molar-refractivity contribution in [3.8, 4) is 0 Å². The molecule has 2 heterocycles. The highest BCUT2D eigenvalue weighted by atomic mass is 16.3. The van der Waals surface area contributed by atoms with Gasteiger partial charge in [0.1, 0.15) is 11.5 Å². The summed E-state index contributed by atoms with van der Waals surface area (Å²) in [7, 11) is 2.07. The molecule has 0 aliphatic heterocycles. The van der Waals surface area contributed by atoms with E-state index in [1.165, 1.54) is 0 Å². The molecular formula is C16H23N3O. The Balaban J connectivity index is 1.83. The first-order chi connectivity index (χ1) is 9.63. The molecule has 0 saturated carbocycles. The summed E-state index contributed by atoms with van der Waals surface area (Å²) >= 11 is 0. The highest BCUT2D eigenvalue weighted by Crippen LogP contribution is 2.11. The second-order valence-corrected chi connectivity index (χ2v) is 5.40. The fourth-order valence-corrected chi connectivity index (χ4v) is 2.00. The van der Waals surface area contributed by atoms with Crippen LogP contribution in [0.5, 0.6) is 0 Å². The molecule has 2 aromatic heterocycles. The van der Waals surface area contributed by atoms with Crippen LogP contribution < -0.4 is 5.32 Å². The van der Waals surface area contributed by atoms with Gasteiger partial charge < -0.3 is 9.73 Å². The molecule has 0 aliphatic carbocycles. The van der Waals surface area contributed by atoms with Crippen molar-refractivity contribution in [2.75, 3.05) is 7.05 Å². The minimum Gasteiger partial charge on any atom is -0.463 e. The molecule has 0 atom stereocenters. The third kappa shape index (κ3) is 4.79. The van der Waals surface area contributed by atoms with Crippen molar-refractivity contribution in [2.45, 2.75) is 39.5 Å². The first-order valence-corrected chi connectivity index (χ1v) is 7.03. The molecule has 0 radical (unpaired) electrons. The van der Waals surface area contributed by atoms with Crippen molar-refractivity contribution < 1.29 is 4.42 Å². The lowest BCUT2D eigenvalue weighted by molar-refractivity contribution is 0.279. The minimum absolute atomic E-state index is 0.468. The van der Waals surface area contributed by atoms with Crippen LogP contribution in [-0.2, 0) is 19.6 Å². The number of hydrogen-bond donors (Lipinski definition) is 1. The topological polar surface area (TPSA) is 41.3 Å². The van der Waals surface area contributed by atoms with Crippen molar-refractivity contribution in [2.24, 2.45) is 0 Å². The molecule has 0 aromatic carbocycles. The van der Waals surface area contributed by atoms with E-state index in [-0.39, 0.29) is 0 Å². The average molecular weight is 273 g/mol. The average Bonchev–Trinajstić information content (AvgIpc) is 2.85. The molecule has 0 fully saturated rings. The van der Waals surface area contributed by atoms with Crippen LogP contribution in [0, 0.1) is 0 Å². The van der Waals surface area contributed by atoms with Crippen molar-refractivity contribution in [1.82, 2.24) is 15.2 Å². The van der Waals surface area contributed by atoms with Crippen LogP contribution in [0.15, 0.2) is 40.9 Å². The van der Waals surface area contributed by atoms with E-state index in [9.17, 15) is 0 Å².